The van der Waals surface area contributed by atoms with Crippen molar-refractivity contribution in [3.63, 3.8) is 0 Å². The van der Waals surface area contributed by atoms with Crippen molar-refractivity contribution in [2.75, 3.05) is 18.9 Å². The molecule has 2 aromatic rings. The number of nitrogen functional groups attached to an aromatic ring is 1. The van der Waals surface area contributed by atoms with Crippen LogP contribution in [-0.2, 0) is 0 Å². The molecule has 94 valence electrons. The van der Waals surface area contributed by atoms with E-state index < -0.39 is 0 Å². The number of benzene rings is 1. The van der Waals surface area contributed by atoms with E-state index in [-0.39, 0.29) is 0 Å². The van der Waals surface area contributed by atoms with Gasteiger partial charge < -0.3 is 19.7 Å². The second kappa shape index (κ2) is 4.10. The standard InChI is InChI=1S/C12H11ClN2O3/c1-6-7(8-5-10(14)15-18-8)4-9-12(11(6)13)17-3-2-16-9/h4-5H,2-3H2,1H3,(H2,14,15). The molecule has 0 spiro atoms. The summed E-state index contributed by atoms with van der Waals surface area (Å²) in [6.07, 6.45) is 0. The minimum Gasteiger partial charge on any atom is -0.486 e. The summed E-state index contributed by atoms with van der Waals surface area (Å²) in [6.45, 7) is 2.89. The zero-order chi connectivity index (χ0) is 12.7. The lowest BCUT2D eigenvalue weighted by molar-refractivity contribution is 0.171. The van der Waals surface area contributed by atoms with E-state index in [1.807, 2.05) is 13.0 Å². The maximum atomic E-state index is 6.27. The van der Waals surface area contributed by atoms with Gasteiger partial charge in [0.25, 0.3) is 0 Å². The van der Waals surface area contributed by atoms with Gasteiger partial charge in [0.05, 0.1) is 5.02 Å². The lowest BCUT2D eigenvalue weighted by Crippen LogP contribution is -2.16. The fraction of sp³-hybridized carbons (Fsp3) is 0.250. The van der Waals surface area contributed by atoms with Gasteiger partial charge in [-0.3, -0.25) is 0 Å². The summed E-state index contributed by atoms with van der Waals surface area (Å²) in [5.41, 5.74) is 7.19. The van der Waals surface area contributed by atoms with Gasteiger partial charge in [0.1, 0.15) is 13.2 Å². The normalized spacial score (nSPS) is 13.7. The molecule has 0 bridgehead atoms. The molecule has 0 fully saturated rings. The molecule has 0 saturated heterocycles. The summed E-state index contributed by atoms with van der Waals surface area (Å²) in [7, 11) is 0. The number of halogens is 1. The Balaban J connectivity index is 2.18. The Kier molecular flexibility index (Phi) is 2.56. The second-order valence-corrected chi connectivity index (χ2v) is 4.38. The van der Waals surface area contributed by atoms with E-state index in [0.29, 0.717) is 41.3 Å². The zero-order valence-corrected chi connectivity index (χ0v) is 10.5. The van der Waals surface area contributed by atoms with Gasteiger partial charge in [-0.1, -0.05) is 16.8 Å². The van der Waals surface area contributed by atoms with E-state index in [0.717, 1.165) is 11.1 Å². The average molecular weight is 267 g/mol. The molecule has 1 aliphatic heterocycles. The van der Waals surface area contributed by atoms with E-state index in [4.69, 9.17) is 31.3 Å². The third-order valence-electron chi connectivity index (χ3n) is 2.81. The Hall–Kier alpha value is -1.88. The number of nitrogens with zero attached hydrogens (tertiary/aromatic N) is 1. The summed E-state index contributed by atoms with van der Waals surface area (Å²) in [4.78, 5) is 0. The Morgan fingerprint density at radius 3 is 2.78 bits per heavy atom. The monoisotopic (exact) mass is 266 g/mol. The second-order valence-electron chi connectivity index (χ2n) is 4.00. The number of hydrogen-bond acceptors (Lipinski definition) is 5. The molecular formula is C12H11ClN2O3. The highest BCUT2D eigenvalue weighted by atomic mass is 35.5. The lowest BCUT2D eigenvalue weighted by atomic mass is 10.0. The molecule has 2 heterocycles. The van der Waals surface area contributed by atoms with Gasteiger partial charge in [-0.05, 0) is 18.6 Å². The average Bonchev–Trinajstić information content (AvgIpc) is 2.80. The van der Waals surface area contributed by atoms with Crippen LogP contribution in [0.3, 0.4) is 0 Å². The molecule has 0 unspecified atom stereocenters. The predicted octanol–water partition coefficient (Wildman–Crippen LogP) is 2.66. The van der Waals surface area contributed by atoms with Gasteiger partial charge in [-0.25, -0.2) is 0 Å². The van der Waals surface area contributed by atoms with Gasteiger partial charge in [-0.2, -0.15) is 0 Å². The van der Waals surface area contributed by atoms with Crippen LogP contribution in [0.4, 0.5) is 5.82 Å². The van der Waals surface area contributed by atoms with Gasteiger partial charge in [0.2, 0.25) is 0 Å². The first-order valence-corrected chi connectivity index (χ1v) is 5.86. The molecule has 3 rings (SSSR count). The van der Waals surface area contributed by atoms with Crippen molar-refractivity contribution >= 4 is 17.4 Å². The van der Waals surface area contributed by atoms with Crippen molar-refractivity contribution in [2.24, 2.45) is 0 Å². The molecule has 0 atom stereocenters. The summed E-state index contributed by atoms with van der Waals surface area (Å²) >= 11 is 6.27. The minimum absolute atomic E-state index is 0.329. The molecule has 0 saturated carbocycles. The highest BCUT2D eigenvalue weighted by Gasteiger charge is 2.22. The van der Waals surface area contributed by atoms with E-state index >= 15 is 0 Å². The number of hydrogen-bond donors (Lipinski definition) is 1. The van der Waals surface area contributed by atoms with Crippen molar-refractivity contribution in [2.45, 2.75) is 6.92 Å². The number of rotatable bonds is 1. The van der Waals surface area contributed by atoms with Gasteiger partial charge in [0.15, 0.2) is 23.1 Å². The molecule has 6 heteroatoms. The molecule has 1 aliphatic rings. The van der Waals surface area contributed by atoms with Crippen LogP contribution >= 0.6 is 11.6 Å². The van der Waals surface area contributed by atoms with Gasteiger partial charge in [-0.15, -0.1) is 0 Å². The van der Waals surface area contributed by atoms with Crippen LogP contribution in [0.2, 0.25) is 5.02 Å². The summed E-state index contributed by atoms with van der Waals surface area (Å²) < 4.78 is 16.2. The van der Waals surface area contributed by atoms with Crippen LogP contribution < -0.4 is 15.2 Å². The number of nitrogens with two attached hydrogens (primary N) is 1. The Morgan fingerprint density at radius 1 is 1.28 bits per heavy atom. The van der Waals surface area contributed by atoms with Crippen LogP contribution in [-0.4, -0.2) is 18.4 Å². The third-order valence-corrected chi connectivity index (χ3v) is 3.27. The Morgan fingerprint density at radius 2 is 2.06 bits per heavy atom. The summed E-state index contributed by atoms with van der Waals surface area (Å²) in [5, 5.41) is 4.19. The molecule has 1 aromatic heterocycles. The number of fused-ring (bicyclic) bond motifs is 1. The quantitative estimate of drug-likeness (QED) is 0.859. The molecule has 18 heavy (non-hydrogen) atoms. The van der Waals surface area contributed by atoms with E-state index in [1.54, 1.807) is 6.07 Å². The van der Waals surface area contributed by atoms with Crippen molar-refractivity contribution in [1.29, 1.82) is 0 Å². The smallest absolute Gasteiger partial charge is 0.180 e. The van der Waals surface area contributed by atoms with Crippen LogP contribution in [0, 0.1) is 6.92 Å². The molecule has 0 aliphatic carbocycles. The fourth-order valence-electron chi connectivity index (χ4n) is 1.91. The Bertz CT molecular complexity index is 610. The Labute approximate surface area is 108 Å². The SMILES string of the molecule is Cc1c(-c2cc(N)no2)cc2c(c1Cl)OCCO2. The van der Waals surface area contributed by atoms with Crippen molar-refractivity contribution < 1.29 is 14.0 Å². The van der Waals surface area contributed by atoms with Crippen molar-refractivity contribution in [3.8, 4) is 22.8 Å². The van der Waals surface area contributed by atoms with Gasteiger partial charge in [0, 0.05) is 11.6 Å². The van der Waals surface area contributed by atoms with E-state index in [9.17, 15) is 0 Å². The summed E-state index contributed by atoms with van der Waals surface area (Å²) in [5.74, 6) is 2.08. The molecule has 2 N–H and O–H groups in total. The van der Waals surface area contributed by atoms with Gasteiger partial charge >= 0.3 is 0 Å². The fourth-order valence-corrected chi connectivity index (χ4v) is 2.16. The van der Waals surface area contributed by atoms with Crippen molar-refractivity contribution in [3.05, 3.63) is 22.7 Å². The molecule has 5 nitrogen and oxygen atoms in total. The highest BCUT2D eigenvalue weighted by Crippen LogP contribution is 2.44. The maximum absolute atomic E-state index is 6.27. The minimum atomic E-state index is 0.329. The third kappa shape index (κ3) is 1.67. The first-order chi connectivity index (χ1) is 8.66. The lowest BCUT2D eigenvalue weighted by Gasteiger charge is -2.21. The number of ether oxygens (including phenoxy) is 2. The number of anilines is 1. The van der Waals surface area contributed by atoms with Crippen LogP contribution in [0.5, 0.6) is 11.5 Å². The molecular weight excluding hydrogens is 256 g/mol. The zero-order valence-electron chi connectivity index (χ0n) is 9.70. The first kappa shape index (κ1) is 11.2. The first-order valence-electron chi connectivity index (χ1n) is 5.48. The van der Waals surface area contributed by atoms with Crippen molar-refractivity contribution in [1.82, 2.24) is 5.16 Å². The highest BCUT2D eigenvalue weighted by molar-refractivity contribution is 6.33. The number of aromatic nitrogens is 1. The summed E-state index contributed by atoms with van der Waals surface area (Å²) in [6, 6.07) is 3.48. The van der Waals surface area contributed by atoms with Crippen LogP contribution in [0.1, 0.15) is 5.56 Å². The molecule has 0 radical (unpaired) electrons. The predicted molar refractivity (Wildman–Crippen MR) is 67.1 cm³/mol. The topological polar surface area (TPSA) is 70.5 Å². The largest absolute Gasteiger partial charge is 0.486 e. The van der Waals surface area contributed by atoms with E-state index in [2.05, 4.69) is 5.16 Å². The van der Waals surface area contributed by atoms with Crippen LogP contribution in [0.25, 0.3) is 11.3 Å². The van der Waals surface area contributed by atoms with E-state index in [1.165, 1.54) is 0 Å². The molecule has 0 amide bonds. The molecule has 1 aromatic carbocycles. The van der Waals surface area contributed by atoms with Crippen LogP contribution in [0.15, 0.2) is 16.7 Å². The maximum Gasteiger partial charge on any atom is 0.180 e.